The van der Waals surface area contributed by atoms with E-state index in [1.807, 2.05) is 44.2 Å². The normalized spacial score (nSPS) is 12.9. The van der Waals surface area contributed by atoms with Crippen molar-refractivity contribution in [3.05, 3.63) is 101 Å². The number of aliphatic hydroxyl groups is 1. The Bertz CT molecular complexity index is 2140. The molecule has 0 fully saturated rings. The maximum absolute atomic E-state index is 12.9. The molecule has 0 saturated carbocycles. The third kappa shape index (κ3) is 12.8. The molecule has 3 atom stereocenters. The number of aryl methyl sites for hydroxylation is 1. The number of benzene rings is 2. The number of nitrogens with one attached hydrogen (secondary N) is 3. The van der Waals surface area contributed by atoms with Gasteiger partial charge in [0.2, 0.25) is 11.8 Å². The minimum Gasteiger partial charge on any atom is -0.490 e. The number of pyridine rings is 1. The molecule has 5 aromatic rings. The summed E-state index contributed by atoms with van der Waals surface area (Å²) in [5, 5.41) is 22.9. The minimum absolute atomic E-state index is 0.112. The van der Waals surface area contributed by atoms with Crippen molar-refractivity contribution in [2.24, 2.45) is 18.7 Å². The molecular formula is C40H48N8O9. The van der Waals surface area contributed by atoms with Gasteiger partial charge in [-0.15, -0.1) is 0 Å². The molecule has 0 radical (unpaired) electrons. The largest absolute Gasteiger partial charge is 0.490 e. The Hall–Kier alpha value is -6.01. The van der Waals surface area contributed by atoms with Gasteiger partial charge in [0.25, 0.3) is 17.4 Å². The van der Waals surface area contributed by atoms with Crippen molar-refractivity contribution < 1.29 is 38.1 Å². The van der Waals surface area contributed by atoms with Crippen molar-refractivity contribution in [1.82, 2.24) is 30.4 Å². The number of nitrogens with zero attached hydrogens (tertiary/aromatic N) is 4. The molecule has 6 N–H and O–H groups in total. The average molecular weight is 785 g/mol. The van der Waals surface area contributed by atoms with Gasteiger partial charge in [-0.05, 0) is 60.7 Å². The van der Waals surface area contributed by atoms with Crippen molar-refractivity contribution in [3.63, 3.8) is 0 Å². The molecule has 0 bridgehead atoms. The molecule has 17 heteroatoms. The summed E-state index contributed by atoms with van der Waals surface area (Å²) in [7, 11) is 1.54. The lowest BCUT2D eigenvalue weighted by molar-refractivity contribution is -0.135. The number of oxazole rings is 1. The van der Waals surface area contributed by atoms with E-state index >= 15 is 0 Å². The Balaban J connectivity index is 0.941. The van der Waals surface area contributed by atoms with E-state index in [0.29, 0.717) is 47.7 Å². The number of anilines is 1. The van der Waals surface area contributed by atoms with Crippen molar-refractivity contribution >= 4 is 34.5 Å². The van der Waals surface area contributed by atoms with Gasteiger partial charge in [-0.1, -0.05) is 44.2 Å². The van der Waals surface area contributed by atoms with Crippen LogP contribution in [0, 0.1) is 5.92 Å². The first kappa shape index (κ1) is 42.1. The highest BCUT2D eigenvalue weighted by molar-refractivity contribution is 6.03. The number of aliphatic hydroxyl groups excluding tert-OH is 1. The van der Waals surface area contributed by atoms with E-state index in [-0.39, 0.29) is 61.9 Å². The van der Waals surface area contributed by atoms with Crippen LogP contribution in [-0.4, -0.2) is 100 Å². The first-order chi connectivity index (χ1) is 27.5. The summed E-state index contributed by atoms with van der Waals surface area (Å²) in [6.07, 6.45) is 0.673. The maximum atomic E-state index is 12.9. The van der Waals surface area contributed by atoms with Crippen molar-refractivity contribution in [2.75, 3.05) is 44.9 Å². The van der Waals surface area contributed by atoms with Crippen LogP contribution >= 0.6 is 0 Å². The number of amides is 3. The van der Waals surface area contributed by atoms with Gasteiger partial charge in [-0.2, -0.15) is 5.10 Å². The number of hydrogen-bond donors (Lipinski definition) is 5. The van der Waals surface area contributed by atoms with Crippen LogP contribution in [0.15, 0.2) is 88.2 Å². The van der Waals surface area contributed by atoms with Gasteiger partial charge in [0, 0.05) is 31.4 Å². The molecule has 5 rings (SSSR count). The fourth-order valence-electron chi connectivity index (χ4n) is 5.59. The van der Waals surface area contributed by atoms with Crippen molar-refractivity contribution in [3.8, 4) is 17.3 Å². The van der Waals surface area contributed by atoms with Crippen LogP contribution in [-0.2, 0) is 32.5 Å². The Labute approximate surface area is 328 Å². The fraction of sp³-hybridized carbons (Fsp3) is 0.375. The van der Waals surface area contributed by atoms with Gasteiger partial charge in [0.1, 0.15) is 41.4 Å². The Morgan fingerprint density at radius 3 is 2.40 bits per heavy atom. The zero-order chi connectivity index (χ0) is 40.7. The smallest absolute Gasteiger partial charge is 0.274 e. The zero-order valence-electron chi connectivity index (χ0n) is 32.1. The number of nitrogens with two attached hydrogens (primary N) is 1. The zero-order valence-corrected chi connectivity index (χ0v) is 32.1. The number of aromatic nitrogens is 4. The number of rotatable bonds is 21. The molecule has 3 heterocycles. The Morgan fingerprint density at radius 1 is 0.930 bits per heavy atom. The van der Waals surface area contributed by atoms with Crippen LogP contribution in [0.4, 0.5) is 5.69 Å². The van der Waals surface area contributed by atoms with Crippen LogP contribution in [0.25, 0.3) is 22.7 Å². The van der Waals surface area contributed by atoms with E-state index in [2.05, 4.69) is 31.0 Å². The number of fused-ring (bicyclic) bond motifs is 1. The number of ether oxygens (including phenoxy) is 3. The quantitative estimate of drug-likeness (QED) is 0.0673. The lowest BCUT2D eigenvalue weighted by Crippen LogP contribution is -2.54. The van der Waals surface area contributed by atoms with E-state index in [0.717, 1.165) is 5.56 Å². The summed E-state index contributed by atoms with van der Waals surface area (Å²) >= 11 is 0. The van der Waals surface area contributed by atoms with Gasteiger partial charge >= 0.3 is 0 Å². The van der Waals surface area contributed by atoms with Crippen molar-refractivity contribution in [1.29, 1.82) is 0 Å². The summed E-state index contributed by atoms with van der Waals surface area (Å²) in [4.78, 5) is 58.7. The van der Waals surface area contributed by atoms with Gasteiger partial charge < -0.3 is 45.4 Å². The highest BCUT2D eigenvalue weighted by atomic mass is 16.5. The van der Waals surface area contributed by atoms with Crippen LogP contribution in [0.5, 0.6) is 5.75 Å². The molecule has 302 valence electrons. The fourth-order valence-corrected chi connectivity index (χ4v) is 5.59. The molecule has 0 aliphatic carbocycles. The average Bonchev–Trinajstić information content (AvgIpc) is 3.63. The van der Waals surface area contributed by atoms with Gasteiger partial charge in [0.15, 0.2) is 5.58 Å². The lowest BCUT2D eigenvalue weighted by atomic mass is 10.00. The van der Waals surface area contributed by atoms with E-state index in [1.54, 1.807) is 30.3 Å². The predicted octanol–water partition coefficient (Wildman–Crippen LogP) is 2.23. The topological polar surface area (TPSA) is 235 Å². The summed E-state index contributed by atoms with van der Waals surface area (Å²) in [5.41, 5.74) is 8.79. The SMILES string of the molecule is CC(C)C[C@H](NC(=O)[C@@H](O)[C@H](N)Cc1ccccc1)C(=O)NCCOCCOCCOc1ccc(C(=O)Nc2ccc3oc(-c4ccc(=O)n(C)n4)nc3c2)nc1. The first-order valence-corrected chi connectivity index (χ1v) is 18.5. The van der Waals surface area contributed by atoms with E-state index < -0.39 is 30.0 Å². The first-order valence-electron chi connectivity index (χ1n) is 18.5. The monoisotopic (exact) mass is 784 g/mol. The molecule has 0 saturated heterocycles. The number of carbonyl (C=O) groups excluding carboxylic acids is 3. The standard InChI is InChI=1S/C40H48N8O9/c1-25(2)21-33(45-39(53)36(50)29(41)22-26-7-5-4-6-8-26)37(51)42-15-16-54-17-18-55-19-20-56-28-10-11-30(43-24-28)38(52)44-27-9-13-34-32(23-27)46-40(57-34)31-12-14-35(49)48(3)47-31/h4-14,23-25,29,33,36,50H,15-22,41H2,1-3H3,(H,42,51)(H,44,52)(H,45,53)/t29-,33+,36+/m1/s1. The third-order valence-corrected chi connectivity index (χ3v) is 8.54. The molecule has 2 aromatic carbocycles. The predicted molar refractivity (Wildman–Crippen MR) is 210 cm³/mol. The molecule has 3 aromatic heterocycles. The molecule has 17 nitrogen and oxygen atoms in total. The molecule has 0 unspecified atom stereocenters. The maximum Gasteiger partial charge on any atom is 0.274 e. The minimum atomic E-state index is -1.47. The highest BCUT2D eigenvalue weighted by Gasteiger charge is 2.28. The van der Waals surface area contributed by atoms with E-state index in [9.17, 15) is 24.3 Å². The highest BCUT2D eigenvalue weighted by Crippen LogP contribution is 2.25. The Morgan fingerprint density at radius 2 is 1.68 bits per heavy atom. The Kier molecular flexibility index (Phi) is 15.4. The number of carbonyl (C=O) groups is 3. The molecule has 0 spiro atoms. The van der Waals surface area contributed by atoms with Crippen LogP contribution in [0.2, 0.25) is 0 Å². The molecule has 0 aliphatic rings. The number of hydrogen-bond acceptors (Lipinski definition) is 13. The molecule has 3 amide bonds. The van der Waals surface area contributed by atoms with E-state index in [1.165, 1.54) is 30.1 Å². The van der Waals surface area contributed by atoms with E-state index in [4.69, 9.17) is 24.4 Å². The second-order valence-electron chi connectivity index (χ2n) is 13.6. The van der Waals surface area contributed by atoms with Gasteiger partial charge in [-0.25, -0.2) is 14.6 Å². The summed E-state index contributed by atoms with van der Waals surface area (Å²) < 4.78 is 23.7. The van der Waals surface area contributed by atoms with Crippen LogP contribution in [0.3, 0.4) is 0 Å². The molecular weight excluding hydrogens is 736 g/mol. The second kappa shape index (κ2) is 20.8. The summed E-state index contributed by atoms with van der Waals surface area (Å²) in [6, 6.07) is 18.8. The van der Waals surface area contributed by atoms with Gasteiger partial charge in [0.05, 0.1) is 32.6 Å². The van der Waals surface area contributed by atoms with Gasteiger partial charge in [-0.3, -0.25) is 19.2 Å². The molecule has 57 heavy (non-hydrogen) atoms. The van der Waals surface area contributed by atoms with Crippen LogP contribution in [0.1, 0.15) is 36.3 Å². The summed E-state index contributed by atoms with van der Waals surface area (Å²) in [6.45, 7) is 5.44. The summed E-state index contributed by atoms with van der Waals surface area (Å²) in [5.74, 6) is -0.678. The third-order valence-electron chi connectivity index (χ3n) is 8.54. The second-order valence-corrected chi connectivity index (χ2v) is 13.6. The van der Waals surface area contributed by atoms with Crippen molar-refractivity contribution in [2.45, 2.75) is 44.9 Å². The lowest BCUT2D eigenvalue weighted by Gasteiger charge is -2.24. The van der Waals surface area contributed by atoms with Crippen LogP contribution < -0.4 is 32.0 Å². The molecule has 0 aliphatic heterocycles.